The first-order chi connectivity index (χ1) is 33.7. The Kier molecular flexibility index (Phi) is 8.73. The van der Waals surface area contributed by atoms with Crippen LogP contribution in [0, 0.1) is 0 Å². The minimum atomic E-state index is 0.608. The van der Waals surface area contributed by atoms with Crippen LogP contribution in [0.1, 0.15) is 0 Å². The van der Waals surface area contributed by atoms with Gasteiger partial charge in [-0.25, -0.2) is 15.0 Å². The average Bonchev–Trinajstić information content (AvgIpc) is 3.93. The fourth-order valence-corrected chi connectivity index (χ4v) is 11.5. The van der Waals surface area contributed by atoms with Crippen molar-refractivity contribution < 1.29 is 0 Å². The van der Waals surface area contributed by atoms with Gasteiger partial charge >= 0.3 is 0 Å². The molecule has 11 aromatic carbocycles. The molecule has 14 aromatic rings. The first-order valence-electron chi connectivity index (χ1n) is 23.0. The van der Waals surface area contributed by atoms with Gasteiger partial charge in [0.2, 0.25) is 0 Å². The summed E-state index contributed by atoms with van der Waals surface area (Å²) in [4.78, 5) is 16.2. The van der Waals surface area contributed by atoms with Gasteiger partial charge in [-0.15, -0.1) is 11.3 Å². The van der Waals surface area contributed by atoms with Crippen LogP contribution in [-0.4, -0.2) is 19.5 Å². The Balaban J connectivity index is 1.11. The van der Waals surface area contributed by atoms with Crippen molar-refractivity contribution in [3.05, 3.63) is 231 Å². The Morgan fingerprint density at radius 3 is 1.50 bits per heavy atom. The van der Waals surface area contributed by atoms with Crippen molar-refractivity contribution in [2.24, 2.45) is 0 Å². The summed E-state index contributed by atoms with van der Waals surface area (Å²) in [6.45, 7) is 0. The Bertz CT molecular complexity index is 4220. The lowest BCUT2D eigenvalue weighted by molar-refractivity contribution is 1.07. The van der Waals surface area contributed by atoms with E-state index in [0.29, 0.717) is 17.5 Å². The van der Waals surface area contributed by atoms with Crippen LogP contribution in [0.25, 0.3) is 136 Å². The Morgan fingerprint density at radius 2 is 0.809 bits per heavy atom. The van der Waals surface area contributed by atoms with Crippen molar-refractivity contribution >= 4 is 85.6 Å². The van der Waals surface area contributed by atoms with E-state index in [1.54, 1.807) is 11.3 Å². The van der Waals surface area contributed by atoms with E-state index in [0.717, 1.165) is 66.4 Å². The van der Waals surface area contributed by atoms with Crippen molar-refractivity contribution in [1.82, 2.24) is 19.5 Å². The van der Waals surface area contributed by atoms with Crippen molar-refractivity contribution in [2.45, 2.75) is 0 Å². The van der Waals surface area contributed by atoms with Crippen LogP contribution in [-0.2, 0) is 0 Å². The van der Waals surface area contributed by atoms with Gasteiger partial charge in [0, 0.05) is 53.2 Å². The summed E-state index contributed by atoms with van der Waals surface area (Å²) in [5, 5.41) is 12.1. The van der Waals surface area contributed by atoms with Crippen LogP contribution in [0.4, 0.5) is 0 Å². The van der Waals surface area contributed by atoms with Crippen LogP contribution in [0.3, 0.4) is 0 Å². The number of aromatic nitrogens is 4. The minimum absolute atomic E-state index is 0.608. The van der Waals surface area contributed by atoms with Crippen LogP contribution in [0.2, 0.25) is 0 Å². The summed E-state index contributed by atoms with van der Waals surface area (Å²) in [6, 6.07) is 83.2. The SMILES string of the molecule is c1ccc(-c2nc(-c3ccc4c(c3)sc3ccccc34)nc(-c3cc(-c4ccccc4)c(-n4c5cc6ccccc6cc5c5cc6ccccc6cc54)cc3-c3cccc4ccccc34)n2)cc1. The Labute approximate surface area is 395 Å². The molecule has 0 radical (unpaired) electrons. The third kappa shape index (κ3) is 6.24. The molecule has 68 heavy (non-hydrogen) atoms. The van der Waals surface area contributed by atoms with E-state index in [1.165, 1.54) is 52.5 Å². The van der Waals surface area contributed by atoms with Gasteiger partial charge in [-0.1, -0.05) is 182 Å². The highest BCUT2D eigenvalue weighted by Gasteiger charge is 2.24. The van der Waals surface area contributed by atoms with Crippen molar-refractivity contribution in [3.8, 4) is 62.1 Å². The number of hydrogen-bond acceptors (Lipinski definition) is 4. The zero-order valence-corrected chi connectivity index (χ0v) is 37.5. The normalized spacial score (nSPS) is 11.8. The molecule has 0 aliphatic rings. The van der Waals surface area contributed by atoms with E-state index in [-0.39, 0.29) is 0 Å². The minimum Gasteiger partial charge on any atom is -0.309 e. The van der Waals surface area contributed by atoms with Gasteiger partial charge in [-0.3, -0.25) is 0 Å². The van der Waals surface area contributed by atoms with Gasteiger partial charge < -0.3 is 4.57 Å². The molecule has 0 N–H and O–H groups in total. The lowest BCUT2D eigenvalue weighted by Gasteiger charge is -2.21. The van der Waals surface area contributed by atoms with Gasteiger partial charge in [0.05, 0.1) is 16.7 Å². The predicted molar refractivity (Wildman–Crippen MR) is 287 cm³/mol. The molecule has 0 aliphatic heterocycles. The molecule has 0 spiro atoms. The van der Waals surface area contributed by atoms with E-state index in [2.05, 4.69) is 217 Å². The summed E-state index contributed by atoms with van der Waals surface area (Å²) in [7, 11) is 0. The molecular weight excluding hydrogens is 845 g/mol. The van der Waals surface area contributed by atoms with E-state index in [1.807, 2.05) is 18.2 Å². The van der Waals surface area contributed by atoms with Gasteiger partial charge in [0.25, 0.3) is 0 Å². The average molecular weight is 883 g/mol. The highest BCUT2D eigenvalue weighted by atomic mass is 32.1. The monoisotopic (exact) mass is 882 g/mol. The van der Waals surface area contributed by atoms with Crippen LogP contribution in [0.5, 0.6) is 0 Å². The molecule has 0 unspecified atom stereocenters. The maximum Gasteiger partial charge on any atom is 0.164 e. The first-order valence-corrected chi connectivity index (χ1v) is 23.8. The molecule has 0 fully saturated rings. The van der Waals surface area contributed by atoms with Crippen molar-refractivity contribution in [2.75, 3.05) is 0 Å². The molecule has 0 atom stereocenters. The third-order valence-corrected chi connectivity index (χ3v) is 14.7. The second-order valence-corrected chi connectivity index (χ2v) is 18.6. The highest BCUT2D eigenvalue weighted by molar-refractivity contribution is 7.25. The fraction of sp³-hybridized carbons (Fsp3) is 0. The quantitative estimate of drug-likeness (QED) is 0.167. The summed E-state index contributed by atoms with van der Waals surface area (Å²) in [5.74, 6) is 1.86. The van der Waals surface area contributed by atoms with Crippen molar-refractivity contribution in [3.63, 3.8) is 0 Å². The lowest BCUT2D eigenvalue weighted by Crippen LogP contribution is -2.04. The van der Waals surface area contributed by atoms with Crippen LogP contribution in [0.15, 0.2) is 231 Å². The second kappa shape index (κ2) is 15.4. The molecule has 0 amide bonds. The van der Waals surface area contributed by atoms with Crippen LogP contribution >= 0.6 is 11.3 Å². The zero-order valence-electron chi connectivity index (χ0n) is 36.6. The number of thiophene rings is 1. The molecule has 0 aliphatic carbocycles. The molecule has 14 rings (SSSR count). The maximum atomic E-state index is 5.50. The molecule has 5 heteroatoms. The molecule has 316 valence electrons. The highest BCUT2D eigenvalue weighted by Crippen LogP contribution is 2.46. The summed E-state index contributed by atoms with van der Waals surface area (Å²) in [6.07, 6.45) is 0. The topological polar surface area (TPSA) is 43.6 Å². The van der Waals surface area contributed by atoms with Gasteiger partial charge in [0.15, 0.2) is 17.5 Å². The Hall–Kier alpha value is -8.77. The van der Waals surface area contributed by atoms with Gasteiger partial charge in [-0.05, 0) is 97.5 Å². The number of nitrogens with zero attached hydrogens (tertiary/aromatic N) is 4. The van der Waals surface area contributed by atoms with E-state index in [4.69, 9.17) is 15.0 Å². The van der Waals surface area contributed by atoms with E-state index in [9.17, 15) is 0 Å². The lowest BCUT2D eigenvalue weighted by atomic mass is 9.90. The van der Waals surface area contributed by atoms with Crippen LogP contribution < -0.4 is 0 Å². The summed E-state index contributed by atoms with van der Waals surface area (Å²) >= 11 is 1.80. The zero-order chi connectivity index (χ0) is 44.7. The van der Waals surface area contributed by atoms with Gasteiger partial charge in [0.1, 0.15) is 0 Å². The predicted octanol–water partition coefficient (Wildman–Crippen LogP) is 17.1. The molecule has 0 saturated carbocycles. The molecule has 4 nitrogen and oxygen atoms in total. The standard InChI is InChI=1S/C63H38N4S/c1-3-16-40(17-4-1)51-37-55(63-65-61(41-19-5-2-6-20-41)64-62(66-63)46-30-31-50-49-27-13-14-29-59(49)68-60(50)36-46)52(48-28-15-25-39-18-11-12-26-47(39)48)38-58(51)67-56-34-44-23-9-7-21-42(44)32-53(56)54-33-43-22-8-10-24-45(43)35-57(54)67/h1-38H. The molecular formula is C63H38N4S. The first kappa shape index (κ1) is 38.5. The largest absolute Gasteiger partial charge is 0.309 e. The number of hydrogen-bond donors (Lipinski definition) is 0. The third-order valence-electron chi connectivity index (χ3n) is 13.6. The number of rotatable bonds is 6. The molecule has 0 saturated heterocycles. The molecule has 0 bridgehead atoms. The number of fused-ring (bicyclic) bond motifs is 9. The Morgan fingerprint density at radius 1 is 0.279 bits per heavy atom. The molecule has 3 heterocycles. The fourth-order valence-electron chi connectivity index (χ4n) is 10.3. The molecule has 3 aromatic heterocycles. The van der Waals surface area contributed by atoms with Crippen molar-refractivity contribution in [1.29, 1.82) is 0 Å². The van der Waals surface area contributed by atoms with E-state index >= 15 is 0 Å². The number of benzene rings is 11. The summed E-state index contributed by atoms with van der Waals surface area (Å²) < 4.78 is 4.96. The van der Waals surface area contributed by atoms with E-state index < -0.39 is 0 Å². The van der Waals surface area contributed by atoms with Gasteiger partial charge in [-0.2, -0.15) is 0 Å². The second-order valence-electron chi connectivity index (χ2n) is 17.6. The maximum absolute atomic E-state index is 5.50. The summed E-state index contributed by atoms with van der Waals surface area (Å²) in [5.41, 5.74) is 10.5. The smallest absolute Gasteiger partial charge is 0.164 e.